The van der Waals surface area contributed by atoms with Crippen LogP contribution in [0.25, 0.3) is 0 Å². The fourth-order valence-electron chi connectivity index (χ4n) is 2.52. The Morgan fingerprint density at radius 3 is 2.40 bits per heavy atom. The Balaban J connectivity index is 2.13. The fourth-order valence-corrected chi connectivity index (χ4v) is 4.37. The number of carbonyl (C=O) groups excluding carboxylic acids is 2. The summed E-state index contributed by atoms with van der Waals surface area (Å²) in [6.45, 7) is 3.14. The number of halogens is 3. The number of rotatable bonds is 8. The SMILES string of the molecule is CCN(CC)S(=O)(=O)c1ccc(Cl)c(C(=O)OCC(=O)Nc2cc(Cl)ccc2F)c1. The average Bonchev–Trinajstić information content (AvgIpc) is 2.69. The fraction of sp³-hybridized carbons (Fsp3) is 0.263. The number of hydrogen-bond donors (Lipinski definition) is 1. The number of nitrogens with one attached hydrogen (secondary N) is 1. The number of amides is 1. The summed E-state index contributed by atoms with van der Waals surface area (Å²) in [7, 11) is -3.82. The van der Waals surface area contributed by atoms with Crippen LogP contribution >= 0.6 is 23.2 Å². The predicted molar refractivity (Wildman–Crippen MR) is 112 cm³/mol. The van der Waals surface area contributed by atoms with E-state index in [0.717, 1.165) is 12.1 Å². The minimum absolute atomic E-state index is 0.0419. The van der Waals surface area contributed by atoms with Crippen molar-refractivity contribution in [2.75, 3.05) is 25.0 Å². The largest absolute Gasteiger partial charge is 0.452 e. The summed E-state index contributed by atoms with van der Waals surface area (Å²) >= 11 is 11.7. The highest BCUT2D eigenvalue weighted by Gasteiger charge is 2.24. The summed E-state index contributed by atoms with van der Waals surface area (Å²) in [4.78, 5) is 24.2. The number of ether oxygens (including phenoxy) is 1. The minimum atomic E-state index is -3.82. The zero-order chi connectivity index (χ0) is 22.5. The van der Waals surface area contributed by atoms with Crippen molar-refractivity contribution >= 4 is 50.8 Å². The van der Waals surface area contributed by atoms with E-state index >= 15 is 0 Å². The van der Waals surface area contributed by atoms with Crippen LogP contribution in [0.15, 0.2) is 41.3 Å². The molecule has 2 aromatic carbocycles. The lowest BCUT2D eigenvalue weighted by Gasteiger charge is -2.19. The monoisotopic (exact) mass is 476 g/mol. The molecule has 30 heavy (non-hydrogen) atoms. The van der Waals surface area contributed by atoms with Gasteiger partial charge in [-0.05, 0) is 36.4 Å². The van der Waals surface area contributed by atoms with Crippen LogP contribution in [-0.2, 0) is 19.6 Å². The molecule has 11 heteroatoms. The van der Waals surface area contributed by atoms with Crippen LogP contribution in [0.5, 0.6) is 0 Å². The zero-order valence-electron chi connectivity index (χ0n) is 16.1. The molecule has 0 saturated heterocycles. The molecule has 2 rings (SSSR count). The topological polar surface area (TPSA) is 92.8 Å². The summed E-state index contributed by atoms with van der Waals surface area (Å²) in [5.74, 6) is -2.53. The first kappa shape index (κ1) is 24.1. The second kappa shape index (κ2) is 10.2. The molecule has 0 radical (unpaired) electrons. The van der Waals surface area contributed by atoms with E-state index in [2.05, 4.69) is 5.32 Å². The zero-order valence-corrected chi connectivity index (χ0v) is 18.4. The Morgan fingerprint density at radius 2 is 1.77 bits per heavy atom. The van der Waals surface area contributed by atoms with Crippen molar-refractivity contribution in [3.05, 3.63) is 57.8 Å². The van der Waals surface area contributed by atoms with Crippen LogP contribution in [0, 0.1) is 5.82 Å². The normalized spacial score (nSPS) is 11.4. The number of benzene rings is 2. The van der Waals surface area contributed by atoms with Crippen molar-refractivity contribution in [1.29, 1.82) is 0 Å². The lowest BCUT2D eigenvalue weighted by Crippen LogP contribution is -2.30. The van der Waals surface area contributed by atoms with Gasteiger partial charge in [-0.1, -0.05) is 37.0 Å². The molecular weight excluding hydrogens is 458 g/mol. The number of esters is 1. The van der Waals surface area contributed by atoms with Gasteiger partial charge in [0.1, 0.15) is 5.82 Å². The van der Waals surface area contributed by atoms with E-state index in [9.17, 15) is 22.4 Å². The number of hydrogen-bond acceptors (Lipinski definition) is 5. The van der Waals surface area contributed by atoms with Crippen LogP contribution in [0.2, 0.25) is 10.0 Å². The van der Waals surface area contributed by atoms with Gasteiger partial charge in [-0.25, -0.2) is 17.6 Å². The van der Waals surface area contributed by atoms with Gasteiger partial charge < -0.3 is 10.1 Å². The van der Waals surface area contributed by atoms with Crippen molar-refractivity contribution in [2.24, 2.45) is 0 Å². The smallest absolute Gasteiger partial charge is 0.340 e. The van der Waals surface area contributed by atoms with Gasteiger partial charge in [0.25, 0.3) is 5.91 Å². The molecule has 7 nitrogen and oxygen atoms in total. The highest BCUT2D eigenvalue weighted by Crippen LogP contribution is 2.24. The lowest BCUT2D eigenvalue weighted by molar-refractivity contribution is -0.119. The number of carbonyl (C=O) groups is 2. The van der Waals surface area contributed by atoms with E-state index in [1.54, 1.807) is 13.8 Å². The molecule has 0 unspecified atom stereocenters. The van der Waals surface area contributed by atoms with Crippen LogP contribution in [0.1, 0.15) is 24.2 Å². The molecule has 0 atom stereocenters. The highest BCUT2D eigenvalue weighted by atomic mass is 35.5. The third-order valence-corrected chi connectivity index (χ3v) is 6.65. The quantitative estimate of drug-likeness (QED) is 0.582. The van der Waals surface area contributed by atoms with Crippen molar-refractivity contribution in [2.45, 2.75) is 18.7 Å². The third kappa shape index (κ3) is 5.69. The molecule has 0 aliphatic rings. The van der Waals surface area contributed by atoms with Crippen molar-refractivity contribution < 1.29 is 27.1 Å². The lowest BCUT2D eigenvalue weighted by atomic mass is 10.2. The Kier molecular flexibility index (Phi) is 8.19. The maximum absolute atomic E-state index is 13.7. The summed E-state index contributed by atoms with van der Waals surface area (Å²) in [5.41, 5.74) is -0.388. The average molecular weight is 477 g/mol. The Bertz CT molecular complexity index is 1060. The molecule has 0 spiro atoms. The molecule has 0 bridgehead atoms. The molecule has 1 amide bonds. The van der Waals surface area contributed by atoms with Crippen LogP contribution < -0.4 is 5.32 Å². The maximum Gasteiger partial charge on any atom is 0.340 e. The molecular formula is C19H19Cl2FN2O5S. The Labute approximate surface area is 183 Å². The molecule has 1 N–H and O–H groups in total. The highest BCUT2D eigenvalue weighted by molar-refractivity contribution is 7.89. The molecule has 0 aliphatic carbocycles. The van der Waals surface area contributed by atoms with Gasteiger partial charge in [0.15, 0.2) is 6.61 Å². The Morgan fingerprint density at radius 1 is 1.10 bits per heavy atom. The van der Waals surface area contributed by atoms with Crippen molar-refractivity contribution in [3.8, 4) is 0 Å². The summed E-state index contributed by atoms with van der Waals surface area (Å²) in [6, 6.07) is 7.22. The van der Waals surface area contributed by atoms with Gasteiger partial charge in [0.05, 0.1) is 21.2 Å². The van der Waals surface area contributed by atoms with Gasteiger partial charge >= 0.3 is 5.97 Å². The van der Waals surface area contributed by atoms with Crippen molar-refractivity contribution in [3.63, 3.8) is 0 Å². The first-order valence-electron chi connectivity index (χ1n) is 8.81. The standard InChI is InChI=1S/C19H19Cl2FN2O5S/c1-3-24(4-2)30(27,28)13-6-7-15(21)14(10-13)19(26)29-11-18(25)23-17-9-12(20)5-8-16(17)22/h5-10H,3-4,11H2,1-2H3,(H,23,25). The minimum Gasteiger partial charge on any atom is -0.452 e. The predicted octanol–water partition coefficient (Wildman–Crippen LogP) is 3.96. The molecule has 0 heterocycles. The third-order valence-electron chi connectivity index (χ3n) is 4.04. The van der Waals surface area contributed by atoms with E-state index in [1.807, 2.05) is 0 Å². The van der Waals surface area contributed by atoms with E-state index in [4.69, 9.17) is 27.9 Å². The maximum atomic E-state index is 13.7. The Hall–Kier alpha value is -2.20. The van der Waals surface area contributed by atoms with Crippen LogP contribution in [0.4, 0.5) is 10.1 Å². The van der Waals surface area contributed by atoms with E-state index in [-0.39, 0.29) is 39.3 Å². The van der Waals surface area contributed by atoms with Gasteiger partial charge in [-0.2, -0.15) is 4.31 Å². The molecule has 0 saturated carbocycles. The number of nitrogens with zero attached hydrogens (tertiary/aromatic N) is 1. The van der Waals surface area contributed by atoms with E-state index < -0.39 is 34.3 Å². The summed E-state index contributed by atoms with van der Waals surface area (Å²) < 4.78 is 45.0. The van der Waals surface area contributed by atoms with Gasteiger partial charge in [-0.3, -0.25) is 4.79 Å². The first-order chi connectivity index (χ1) is 14.1. The van der Waals surface area contributed by atoms with Gasteiger partial charge in [0, 0.05) is 18.1 Å². The summed E-state index contributed by atoms with van der Waals surface area (Å²) in [6.07, 6.45) is 0. The summed E-state index contributed by atoms with van der Waals surface area (Å²) in [5, 5.41) is 2.40. The molecule has 2 aromatic rings. The molecule has 0 aliphatic heterocycles. The molecule has 162 valence electrons. The molecule has 0 fully saturated rings. The van der Waals surface area contributed by atoms with Gasteiger partial charge in [0.2, 0.25) is 10.0 Å². The van der Waals surface area contributed by atoms with Crippen molar-refractivity contribution in [1.82, 2.24) is 4.31 Å². The molecule has 0 aromatic heterocycles. The second-order valence-electron chi connectivity index (χ2n) is 5.98. The van der Waals surface area contributed by atoms with E-state index in [1.165, 1.54) is 28.6 Å². The second-order valence-corrected chi connectivity index (χ2v) is 8.76. The van der Waals surface area contributed by atoms with Crippen LogP contribution in [0.3, 0.4) is 0 Å². The number of anilines is 1. The first-order valence-corrected chi connectivity index (χ1v) is 11.0. The van der Waals surface area contributed by atoms with Gasteiger partial charge in [-0.15, -0.1) is 0 Å². The van der Waals surface area contributed by atoms with E-state index in [0.29, 0.717) is 0 Å². The van der Waals surface area contributed by atoms with Crippen LogP contribution in [-0.4, -0.2) is 44.3 Å². The number of sulfonamides is 1.